The zero-order chi connectivity index (χ0) is 47.0. The number of likely N-dealkylation sites (N-methyl/N-ethyl adjacent to an activating group) is 1. The maximum Gasteiger partial charge on any atom is 0.306 e. The standard InChI is InChI=1S/C55H101NO8/c1-6-8-10-12-14-16-18-20-22-23-24-25-26-27-28-29-30-31-32-34-35-37-39-41-43-45-52(57)62-49-51(50-63-55(54(59)60)61-48-47-56(3,4)5)64-53(58)46-44-42-40-38-36-33-21-19-17-15-13-11-9-7-2/h13,15,19,21,23-24,51,55H,6-12,14,16-18,20,22,25-50H2,1-5H3/b15-13-,21-19-,24-23-. The molecule has 0 N–H and O–H groups in total. The van der Waals surface area contributed by atoms with Crippen molar-refractivity contribution in [2.24, 2.45) is 0 Å². The monoisotopic (exact) mass is 904 g/mol. The molecule has 0 radical (unpaired) electrons. The lowest BCUT2D eigenvalue weighted by Gasteiger charge is -2.26. The van der Waals surface area contributed by atoms with E-state index in [1.54, 1.807) is 0 Å². The second-order valence-corrected chi connectivity index (χ2v) is 19.2. The van der Waals surface area contributed by atoms with Crippen LogP contribution in [0.4, 0.5) is 0 Å². The summed E-state index contributed by atoms with van der Waals surface area (Å²) in [5.41, 5.74) is 0. The van der Waals surface area contributed by atoms with Crippen LogP contribution in [-0.2, 0) is 33.3 Å². The van der Waals surface area contributed by atoms with E-state index in [9.17, 15) is 19.5 Å². The van der Waals surface area contributed by atoms with Gasteiger partial charge in [0.05, 0.1) is 40.3 Å². The van der Waals surface area contributed by atoms with Crippen molar-refractivity contribution in [2.45, 2.75) is 251 Å². The maximum atomic E-state index is 12.8. The number of carbonyl (C=O) groups is 3. The number of aliphatic carboxylic acids is 1. The number of rotatable bonds is 49. The van der Waals surface area contributed by atoms with Crippen molar-refractivity contribution in [3.63, 3.8) is 0 Å². The molecule has 0 saturated heterocycles. The summed E-state index contributed by atoms with van der Waals surface area (Å²) in [5.74, 6) is -2.30. The number of nitrogens with zero attached hydrogens (tertiary/aromatic N) is 1. The SMILES string of the molecule is CCCC/C=C\C/C=C\CCCCCCCC(=O)OC(COC(=O)CCCCCCCCCCCCCCC/C=C\CCCCCCCCCC)COC(OCC[N+](C)(C)C)C(=O)[O-]. The van der Waals surface area contributed by atoms with Crippen molar-refractivity contribution in [1.82, 2.24) is 0 Å². The third kappa shape index (κ3) is 47.5. The minimum atomic E-state index is -1.62. The number of carboxylic acids is 1. The Hall–Kier alpha value is -2.49. The summed E-state index contributed by atoms with van der Waals surface area (Å²) >= 11 is 0. The largest absolute Gasteiger partial charge is 0.545 e. The molecule has 0 aromatic heterocycles. The number of hydrogen-bond acceptors (Lipinski definition) is 8. The van der Waals surface area contributed by atoms with Crippen LogP contribution in [0.3, 0.4) is 0 Å². The first-order valence-electron chi connectivity index (χ1n) is 26.6. The molecule has 0 aliphatic carbocycles. The lowest BCUT2D eigenvalue weighted by molar-refractivity contribution is -0.870. The van der Waals surface area contributed by atoms with Gasteiger partial charge in [0.1, 0.15) is 13.2 Å². The summed E-state index contributed by atoms with van der Waals surface area (Å²) in [6.07, 6.45) is 51.9. The molecular weight excluding hydrogens is 803 g/mol. The highest BCUT2D eigenvalue weighted by Crippen LogP contribution is 2.16. The highest BCUT2D eigenvalue weighted by Gasteiger charge is 2.22. The molecule has 0 amide bonds. The van der Waals surface area contributed by atoms with Crippen LogP contribution >= 0.6 is 0 Å². The van der Waals surface area contributed by atoms with E-state index in [1.165, 1.54) is 141 Å². The molecule has 0 rings (SSSR count). The molecule has 0 aromatic carbocycles. The summed E-state index contributed by atoms with van der Waals surface area (Å²) in [7, 11) is 5.91. The minimum absolute atomic E-state index is 0.145. The molecule has 374 valence electrons. The van der Waals surface area contributed by atoms with Gasteiger partial charge in [0, 0.05) is 12.8 Å². The smallest absolute Gasteiger partial charge is 0.306 e. The van der Waals surface area contributed by atoms with Crippen LogP contribution in [0.15, 0.2) is 36.5 Å². The molecule has 2 unspecified atom stereocenters. The molecule has 0 fully saturated rings. The molecule has 64 heavy (non-hydrogen) atoms. The minimum Gasteiger partial charge on any atom is -0.545 e. The topological polar surface area (TPSA) is 111 Å². The Morgan fingerprint density at radius 3 is 1.30 bits per heavy atom. The van der Waals surface area contributed by atoms with Gasteiger partial charge in [-0.3, -0.25) is 9.59 Å². The van der Waals surface area contributed by atoms with Crippen LogP contribution in [0.5, 0.6) is 0 Å². The van der Waals surface area contributed by atoms with E-state index in [0.717, 1.165) is 64.2 Å². The molecule has 0 aliphatic heterocycles. The molecule has 9 heteroatoms. The summed E-state index contributed by atoms with van der Waals surface area (Å²) in [4.78, 5) is 37.1. The van der Waals surface area contributed by atoms with E-state index in [0.29, 0.717) is 23.9 Å². The highest BCUT2D eigenvalue weighted by atomic mass is 16.7. The van der Waals surface area contributed by atoms with Gasteiger partial charge in [0.15, 0.2) is 12.4 Å². The van der Waals surface area contributed by atoms with Crippen LogP contribution in [0, 0.1) is 0 Å². The Morgan fingerprint density at radius 2 is 0.859 bits per heavy atom. The molecule has 0 bridgehead atoms. The Morgan fingerprint density at radius 1 is 0.469 bits per heavy atom. The number of hydrogen-bond donors (Lipinski definition) is 0. The summed E-state index contributed by atoms with van der Waals surface area (Å²) < 4.78 is 22.6. The van der Waals surface area contributed by atoms with Crippen LogP contribution < -0.4 is 5.11 Å². The first-order valence-corrected chi connectivity index (χ1v) is 26.6. The first-order chi connectivity index (χ1) is 31.1. The predicted octanol–water partition coefficient (Wildman–Crippen LogP) is 13.6. The van der Waals surface area contributed by atoms with E-state index in [2.05, 4.69) is 50.3 Å². The van der Waals surface area contributed by atoms with Gasteiger partial charge in [0.2, 0.25) is 0 Å². The molecule has 0 saturated carbocycles. The highest BCUT2D eigenvalue weighted by molar-refractivity contribution is 5.70. The summed E-state index contributed by atoms with van der Waals surface area (Å²) in [6, 6.07) is 0. The fourth-order valence-electron chi connectivity index (χ4n) is 7.43. The zero-order valence-electron chi connectivity index (χ0n) is 42.4. The third-order valence-corrected chi connectivity index (χ3v) is 11.6. The Balaban J connectivity index is 4.22. The third-order valence-electron chi connectivity index (χ3n) is 11.6. The lowest BCUT2D eigenvalue weighted by atomic mass is 10.0. The number of unbranched alkanes of at least 4 members (excludes halogenated alkanes) is 28. The zero-order valence-corrected chi connectivity index (χ0v) is 42.4. The Labute approximate surface area is 394 Å². The molecule has 0 aliphatic rings. The van der Waals surface area contributed by atoms with E-state index in [1.807, 2.05) is 21.1 Å². The van der Waals surface area contributed by atoms with E-state index in [4.69, 9.17) is 18.9 Å². The normalized spacial score (nSPS) is 13.1. The van der Waals surface area contributed by atoms with Crippen LogP contribution in [0.1, 0.15) is 239 Å². The quantitative estimate of drug-likeness (QED) is 0.0195. The van der Waals surface area contributed by atoms with Gasteiger partial charge in [0.25, 0.3) is 0 Å². The van der Waals surface area contributed by atoms with Gasteiger partial charge < -0.3 is 33.3 Å². The number of esters is 2. The summed E-state index contributed by atoms with van der Waals surface area (Å²) in [5, 5.41) is 11.7. The van der Waals surface area contributed by atoms with E-state index >= 15 is 0 Å². The van der Waals surface area contributed by atoms with Gasteiger partial charge in [-0.15, -0.1) is 0 Å². The predicted molar refractivity (Wildman–Crippen MR) is 265 cm³/mol. The Kier molecular flexibility index (Phi) is 45.2. The number of ether oxygens (including phenoxy) is 4. The number of carboxylic acid groups (broad SMARTS) is 1. The van der Waals surface area contributed by atoms with Crippen LogP contribution in [-0.4, -0.2) is 82.3 Å². The number of carbonyl (C=O) groups excluding carboxylic acids is 3. The van der Waals surface area contributed by atoms with Crippen molar-refractivity contribution in [3.8, 4) is 0 Å². The molecule has 0 aromatic rings. The van der Waals surface area contributed by atoms with Crippen molar-refractivity contribution < 1.29 is 42.9 Å². The van der Waals surface area contributed by atoms with Crippen LogP contribution in [0.2, 0.25) is 0 Å². The van der Waals surface area contributed by atoms with E-state index < -0.39 is 24.3 Å². The number of allylic oxidation sites excluding steroid dienone is 6. The second-order valence-electron chi connectivity index (χ2n) is 19.2. The van der Waals surface area contributed by atoms with Crippen molar-refractivity contribution in [1.29, 1.82) is 0 Å². The number of quaternary nitrogens is 1. The van der Waals surface area contributed by atoms with E-state index in [-0.39, 0.29) is 32.2 Å². The maximum absolute atomic E-state index is 12.8. The van der Waals surface area contributed by atoms with Gasteiger partial charge >= 0.3 is 11.9 Å². The molecule has 0 spiro atoms. The molecule has 0 heterocycles. The van der Waals surface area contributed by atoms with Gasteiger partial charge in [-0.05, 0) is 64.2 Å². The lowest BCUT2D eigenvalue weighted by Crippen LogP contribution is -2.44. The van der Waals surface area contributed by atoms with Gasteiger partial charge in [-0.25, -0.2) is 0 Å². The average Bonchev–Trinajstić information content (AvgIpc) is 3.26. The van der Waals surface area contributed by atoms with Gasteiger partial charge in [-0.2, -0.15) is 0 Å². The fraction of sp³-hybridized carbons (Fsp3) is 0.836. The second kappa shape index (κ2) is 47.0. The molecule has 2 atom stereocenters. The first kappa shape index (κ1) is 61.5. The average molecular weight is 904 g/mol. The van der Waals surface area contributed by atoms with Crippen molar-refractivity contribution >= 4 is 17.9 Å². The summed E-state index contributed by atoms with van der Waals surface area (Å²) in [6.45, 7) is 4.70. The van der Waals surface area contributed by atoms with Crippen molar-refractivity contribution in [2.75, 3.05) is 47.5 Å². The molecular formula is C55H101NO8. The Bertz CT molecular complexity index is 1150. The van der Waals surface area contributed by atoms with Crippen LogP contribution in [0.25, 0.3) is 0 Å². The molecule has 9 nitrogen and oxygen atoms in total. The fourth-order valence-corrected chi connectivity index (χ4v) is 7.43. The van der Waals surface area contributed by atoms with Gasteiger partial charge in [-0.1, -0.05) is 198 Å². The van der Waals surface area contributed by atoms with Crippen molar-refractivity contribution in [3.05, 3.63) is 36.5 Å².